The number of piperazine rings is 1. The minimum absolute atomic E-state index is 0.659. The maximum atomic E-state index is 5.69. The van der Waals surface area contributed by atoms with Gasteiger partial charge in [-0.25, -0.2) is 4.98 Å². The molecule has 106 valence electrons. The van der Waals surface area contributed by atoms with Crippen molar-refractivity contribution in [2.45, 2.75) is 6.42 Å². The Hall–Kier alpha value is -1.59. The molecule has 0 saturated carbocycles. The van der Waals surface area contributed by atoms with Gasteiger partial charge in [-0.2, -0.15) is 0 Å². The van der Waals surface area contributed by atoms with Gasteiger partial charge in [-0.15, -0.1) is 0 Å². The molecule has 0 amide bonds. The topological polar surface area (TPSA) is 45.4 Å². The Morgan fingerprint density at radius 1 is 1.10 bits per heavy atom. The van der Waals surface area contributed by atoms with E-state index in [1.165, 1.54) is 10.6 Å². The van der Waals surface area contributed by atoms with E-state index < -0.39 is 0 Å². The van der Waals surface area contributed by atoms with E-state index in [4.69, 9.17) is 5.73 Å². The summed E-state index contributed by atoms with van der Waals surface area (Å²) in [5.74, 6) is 0. The Morgan fingerprint density at radius 3 is 2.50 bits per heavy atom. The number of nitrogens with two attached hydrogens (primary N) is 1. The third kappa shape index (κ3) is 3.29. The van der Waals surface area contributed by atoms with Crippen LogP contribution in [0.1, 0.15) is 5.56 Å². The molecule has 0 unspecified atom stereocenters. The zero-order valence-electron chi connectivity index (χ0n) is 11.5. The average Bonchev–Trinajstić information content (AvgIpc) is 2.93. The standard InChI is InChI=1S/C15H20N4S/c16-15-17-12-14(20-15)19-10-8-18(9-11-19)7-6-13-4-2-1-3-5-13/h1-5,12H,6-11H2,(H2,16,17). The van der Waals surface area contributed by atoms with Crippen LogP contribution in [-0.2, 0) is 6.42 Å². The van der Waals surface area contributed by atoms with Crippen molar-refractivity contribution in [2.75, 3.05) is 43.4 Å². The van der Waals surface area contributed by atoms with E-state index >= 15 is 0 Å². The molecule has 1 aromatic carbocycles. The Kier molecular flexibility index (Phi) is 4.18. The van der Waals surface area contributed by atoms with Gasteiger partial charge >= 0.3 is 0 Å². The van der Waals surface area contributed by atoms with Crippen LogP contribution in [0, 0.1) is 0 Å². The number of nitrogen functional groups attached to an aromatic ring is 1. The number of nitrogens with zero attached hydrogens (tertiary/aromatic N) is 3. The van der Waals surface area contributed by atoms with Crippen molar-refractivity contribution in [1.82, 2.24) is 9.88 Å². The number of benzene rings is 1. The average molecular weight is 288 g/mol. The highest BCUT2D eigenvalue weighted by Crippen LogP contribution is 2.25. The number of rotatable bonds is 4. The van der Waals surface area contributed by atoms with Gasteiger partial charge in [0.1, 0.15) is 5.00 Å². The molecule has 20 heavy (non-hydrogen) atoms. The molecule has 4 nitrogen and oxygen atoms in total. The Balaban J connectivity index is 1.47. The van der Waals surface area contributed by atoms with Crippen LogP contribution >= 0.6 is 11.3 Å². The van der Waals surface area contributed by atoms with Crippen molar-refractivity contribution in [1.29, 1.82) is 0 Å². The minimum Gasteiger partial charge on any atom is -0.375 e. The highest BCUT2D eigenvalue weighted by molar-refractivity contribution is 7.19. The van der Waals surface area contributed by atoms with Gasteiger partial charge in [-0.3, -0.25) is 4.90 Å². The molecule has 3 rings (SSSR count). The highest BCUT2D eigenvalue weighted by Gasteiger charge is 2.18. The summed E-state index contributed by atoms with van der Waals surface area (Å²) in [4.78, 5) is 9.05. The fraction of sp³-hybridized carbons (Fsp3) is 0.400. The molecular formula is C15H20N4S. The van der Waals surface area contributed by atoms with Crippen LogP contribution in [0.4, 0.5) is 10.1 Å². The van der Waals surface area contributed by atoms with Crippen molar-refractivity contribution >= 4 is 21.5 Å². The molecule has 1 aliphatic rings. The lowest BCUT2D eigenvalue weighted by atomic mass is 10.1. The molecule has 5 heteroatoms. The summed E-state index contributed by atoms with van der Waals surface area (Å²) in [6.07, 6.45) is 3.02. The summed E-state index contributed by atoms with van der Waals surface area (Å²) < 4.78 is 0. The number of hydrogen-bond acceptors (Lipinski definition) is 5. The molecule has 2 aromatic rings. The molecule has 2 N–H and O–H groups in total. The third-order valence-corrected chi connectivity index (χ3v) is 4.64. The Morgan fingerprint density at radius 2 is 1.85 bits per heavy atom. The fourth-order valence-corrected chi connectivity index (χ4v) is 3.29. The lowest BCUT2D eigenvalue weighted by molar-refractivity contribution is 0.261. The van der Waals surface area contributed by atoms with Gasteiger partial charge in [0.15, 0.2) is 5.13 Å². The first kappa shape index (κ1) is 13.4. The lowest BCUT2D eigenvalue weighted by Crippen LogP contribution is -2.46. The van der Waals surface area contributed by atoms with E-state index in [1.807, 2.05) is 6.20 Å². The predicted molar refractivity (Wildman–Crippen MR) is 85.3 cm³/mol. The molecule has 1 saturated heterocycles. The molecule has 1 aromatic heterocycles. The van der Waals surface area contributed by atoms with E-state index in [0.717, 1.165) is 39.1 Å². The maximum absolute atomic E-state index is 5.69. The van der Waals surface area contributed by atoms with Gasteiger partial charge in [0.05, 0.1) is 6.20 Å². The van der Waals surface area contributed by atoms with Crippen molar-refractivity contribution in [3.8, 4) is 0 Å². The van der Waals surface area contributed by atoms with Gasteiger partial charge < -0.3 is 10.6 Å². The summed E-state index contributed by atoms with van der Waals surface area (Å²) in [5, 5.41) is 1.86. The van der Waals surface area contributed by atoms with Crippen LogP contribution in [0.3, 0.4) is 0 Å². The zero-order valence-corrected chi connectivity index (χ0v) is 12.4. The van der Waals surface area contributed by atoms with Crippen LogP contribution in [0.15, 0.2) is 36.5 Å². The first-order valence-corrected chi connectivity index (χ1v) is 7.85. The smallest absolute Gasteiger partial charge is 0.181 e. The Labute approximate surface area is 123 Å². The summed E-state index contributed by atoms with van der Waals surface area (Å²) in [7, 11) is 0. The quantitative estimate of drug-likeness (QED) is 0.936. The van der Waals surface area contributed by atoms with Gasteiger partial charge in [-0.05, 0) is 12.0 Å². The van der Waals surface area contributed by atoms with Gasteiger partial charge in [0, 0.05) is 32.7 Å². The Bertz CT molecular complexity index is 532. The largest absolute Gasteiger partial charge is 0.375 e. The lowest BCUT2D eigenvalue weighted by Gasteiger charge is -2.35. The minimum atomic E-state index is 0.659. The van der Waals surface area contributed by atoms with E-state index in [0.29, 0.717) is 5.13 Å². The second kappa shape index (κ2) is 6.24. The molecule has 2 heterocycles. The molecule has 0 atom stereocenters. The second-order valence-electron chi connectivity index (χ2n) is 5.10. The second-order valence-corrected chi connectivity index (χ2v) is 6.14. The van der Waals surface area contributed by atoms with E-state index in [9.17, 15) is 0 Å². The number of thiazole rings is 1. The van der Waals surface area contributed by atoms with E-state index in [2.05, 4.69) is 45.1 Å². The van der Waals surface area contributed by atoms with E-state index in [-0.39, 0.29) is 0 Å². The van der Waals surface area contributed by atoms with Crippen LogP contribution in [0.2, 0.25) is 0 Å². The number of anilines is 2. The van der Waals surface area contributed by atoms with Crippen LogP contribution in [0.25, 0.3) is 0 Å². The van der Waals surface area contributed by atoms with E-state index in [1.54, 1.807) is 11.3 Å². The molecule has 0 radical (unpaired) electrons. The maximum Gasteiger partial charge on any atom is 0.181 e. The highest BCUT2D eigenvalue weighted by atomic mass is 32.1. The molecule has 0 aliphatic carbocycles. The summed E-state index contributed by atoms with van der Waals surface area (Å²) in [6, 6.07) is 10.7. The number of hydrogen-bond donors (Lipinski definition) is 1. The van der Waals surface area contributed by atoms with Crippen LogP contribution in [0.5, 0.6) is 0 Å². The predicted octanol–water partition coefficient (Wildman–Crippen LogP) is 2.09. The van der Waals surface area contributed by atoms with Crippen LogP contribution in [-0.4, -0.2) is 42.6 Å². The van der Waals surface area contributed by atoms with Crippen molar-refractivity contribution in [3.05, 3.63) is 42.1 Å². The fourth-order valence-electron chi connectivity index (χ4n) is 2.55. The van der Waals surface area contributed by atoms with Crippen molar-refractivity contribution in [2.24, 2.45) is 0 Å². The molecular weight excluding hydrogens is 268 g/mol. The molecule has 0 bridgehead atoms. The normalized spacial score (nSPS) is 16.5. The van der Waals surface area contributed by atoms with Crippen molar-refractivity contribution < 1.29 is 0 Å². The summed E-state index contributed by atoms with van der Waals surface area (Å²) in [5.41, 5.74) is 7.12. The van der Waals surface area contributed by atoms with Crippen molar-refractivity contribution in [3.63, 3.8) is 0 Å². The molecule has 1 aliphatic heterocycles. The first-order chi connectivity index (χ1) is 9.81. The zero-order chi connectivity index (χ0) is 13.8. The van der Waals surface area contributed by atoms with Crippen LogP contribution < -0.4 is 10.6 Å². The molecule has 1 fully saturated rings. The summed E-state index contributed by atoms with van der Waals surface area (Å²) >= 11 is 1.58. The third-order valence-electron chi connectivity index (χ3n) is 3.75. The summed E-state index contributed by atoms with van der Waals surface area (Å²) in [6.45, 7) is 5.50. The first-order valence-electron chi connectivity index (χ1n) is 7.04. The monoisotopic (exact) mass is 288 g/mol. The SMILES string of the molecule is Nc1ncc(N2CCN(CCc3ccccc3)CC2)s1. The van der Waals surface area contributed by atoms with Gasteiger partial charge in [0.25, 0.3) is 0 Å². The number of aromatic nitrogens is 1. The van der Waals surface area contributed by atoms with Gasteiger partial charge in [0.2, 0.25) is 0 Å². The van der Waals surface area contributed by atoms with Gasteiger partial charge in [-0.1, -0.05) is 41.7 Å². The molecule has 0 spiro atoms.